The highest BCUT2D eigenvalue weighted by Gasteiger charge is 2.14. The summed E-state index contributed by atoms with van der Waals surface area (Å²) < 4.78 is 1.79. The van der Waals surface area contributed by atoms with Crippen LogP contribution in [0.5, 0.6) is 0 Å². The topological polar surface area (TPSA) is 76.3 Å². The van der Waals surface area contributed by atoms with Gasteiger partial charge in [-0.25, -0.2) is 4.98 Å². The Kier molecular flexibility index (Phi) is 3.26. The normalized spacial score (nSPS) is 10.8. The SMILES string of the molecule is Cc1c2ccc(N(N=O)c3ccnc(Cl)n3)cc2nn1C. The van der Waals surface area contributed by atoms with Gasteiger partial charge in [0, 0.05) is 30.4 Å². The first kappa shape index (κ1) is 13.4. The fraction of sp³-hybridized carbons (Fsp3) is 0.154. The molecule has 0 fully saturated rings. The summed E-state index contributed by atoms with van der Waals surface area (Å²) >= 11 is 5.74. The first-order valence-electron chi connectivity index (χ1n) is 6.15. The number of hydrogen-bond donors (Lipinski definition) is 0. The molecule has 0 atom stereocenters. The van der Waals surface area contributed by atoms with Crippen LogP contribution in [0, 0.1) is 11.8 Å². The lowest BCUT2D eigenvalue weighted by Gasteiger charge is -2.13. The molecule has 21 heavy (non-hydrogen) atoms. The van der Waals surface area contributed by atoms with Crippen molar-refractivity contribution in [3.8, 4) is 0 Å². The van der Waals surface area contributed by atoms with Crippen molar-refractivity contribution in [2.75, 3.05) is 5.01 Å². The maximum atomic E-state index is 11.2. The zero-order chi connectivity index (χ0) is 15.0. The largest absolute Gasteiger partial charge is 0.272 e. The molecule has 2 heterocycles. The molecule has 0 bridgehead atoms. The summed E-state index contributed by atoms with van der Waals surface area (Å²) in [7, 11) is 1.87. The van der Waals surface area contributed by atoms with E-state index in [1.54, 1.807) is 22.9 Å². The standard InChI is InChI=1S/C13H11ClN6O/c1-8-10-4-3-9(7-11(10)17-19(8)2)20(18-21)12-5-6-15-13(14)16-12/h3-7H,1-2H3. The molecule has 0 saturated heterocycles. The van der Waals surface area contributed by atoms with Crippen molar-refractivity contribution in [1.82, 2.24) is 19.7 Å². The Hall–Kier alpha value is -2.54. The highest BCUT2D eigenvalue weighted by atomic mass is 35.5. The molecule has 2 aromatic heterocycles. The number of halogens is 1. The van der Waals surface area contributed by atoms with Gasteiger partial charge >= 0.3 is 0 Å². The van der Waals surface area contributed by atoms with Crippen LogP contribution in [0.3, 0.4) is 0 Å². The van der Waals surface area contributed by atoms with Gasteiger partial charge in [-0.05, 0) is 36.7 Å². The maximum absolute atomic E-state index is 11.2. The molecule has 8 heteroatoms. The Morgan fingerprint density at radius 1 is 1.33 bits per heavy atom. The van der Waals surface area contributed by atoms with Gasteiger partial charge in [-0.2, -0.15) is 15.1 Å². The second kappa shape index (κ2) is 5.10. The fourth-order valence-corrected chi connectivity index (χ4v) is 2.26. The third-order valence-electron chi connectivity index (χ3n) is 3.27. The van der Waals surface area contributed by atoms with Crippen molar-refractivity contribution in [1.29, 1.82) is 0 Å². The Balaban J connectivity index is 2.11. The number of anilines is 2. The average molecular weight is 303 g/mol. The molecule has 1 aromatic carbocycles. The van der Waals surface area contributed by atoms with Gasteiger partial charge in [-0.15, -0.1) is 4.91 Å². The summed E-state index contributed by atoms with van der Waals surface area (Å²) in [5, 5.41) is 9.62. The molecule has 106 valence electrons. The van der Waals surface area contributed by atoms with Gasteiger partial charge < -0.3 is 0 Å². The number of rotatable bonds is 3. The lowest BCUT2D eigenvalue weighted by atomic mass is 10.2. The van der Waals surface area contributed by atoms with Crippen LogP contribution in [0.25, 0.3) is 10.9 Å². The van der Waals surface area contributed by atoms with E-state index in [-0.39, 0.29) is 5.28 Å². The molecular weight excluding hydrogens is 292 g/mol. The number of hydrogen-bond acceptors (Lipinski definition) is 5. The van der Waals surface area contributed by atoms with Crippen LogP contribution in [-0.2, 0) is 7.05 Å². The summed E-state index contributed by atoms with van der Waals surface area (Å²) in [5.74, 6) is 0.303. The van der Waals surface area contributed by atoms with Crippen LogP contribution >= 0.6 is 11.6 Å². The lowest BCUT2D eigenvalue weighted by molar-refractivity contribution is 0.751. The van der Waals surface area contributed by atoms with E-state index in [9.17, 15) is 4.91 Å². The van der Waals surface area contributed by atoms with Gasteiger partial charge in [-0.1, -0.05) is 0 Å². The van der Waals surface area contributed by atoms with Crippen LogP contribution in [0.1, 0.15) is 5.69 Å². The van der Waals surface area contributed by atoms with Gasteiger partial charge in [0.15, 0.2) is 5.82 Å². The quantitative estimate of drug-likeness (QED) is 0.422. The van der Waals surface area contributed by atoms with E-state index in [1.807, 2.05) is 20.0 Å². The van der Waals surface area contributed by atoms with Crippen LogP contribution in [0.15, 0.2) is 35.7 Å². The molecule has 3 aromatic rings. The zero-order valence-electron chi connectivity index (χ0n) is 11.4. The minimum atomic E-state index is 0.0518. The summed E-state index contributed by atoms with van der Waals surface area (Å²) in [6.07, 6.45) is 1.46. The zero-order valence-corrected chi connectivity index (χ0v) is 12.1. The predicted molar refractivity (Wildman–Crippen MR) is 80.4 cm³/mol. The Labute approximate surface area is 125 Å². The van der Waals surface area contributed by atoms with Crippen LogP contribution < -0.4 is 5.01 Å². The van der Waals surface area contributed by atoms with Gasteiger partial charge in [0.25, 0.3) is 0 Å². The van der Waals surface area contributed by atoms with Crippen molar-refractivity contribution >= 4 is 34.0 Å². The first-order valence-corrected chi connectivity index (χ1v) is 6.53. The third kappa shape index (κ3) is 2.31. The lowest BCUT2D eigenvalue weighted by Crippen LogP contribution is -2.09. The predicted octanol–water partition coefficient (Wildman–Crippen LogP) is 3.14. The van der Waals surface area contributed by atoms with Crippen LogP contribution in [0.4, 0.5) is 11.5 Å². The minimum absolute atomic E-state index is 0.0518. The van der Waals surface area contributed by atoms with E-state index in [2.05, 4.69) is 20.4 Å². The van der Waals surface area contributed by atoms with Gasteiger partial charge in [-0.3, -0.25) is 4.68 Å². The number of aromatic nitrogens is 4. The molecule has 3 rings (SSSR count). The highest BCUT2D eigenvalue weighted by molar-refractivity contribution is 6.28. The smallest absolute Gasteiger partial charge is 0.224 e. The second-order valence-electron chi connectivity index (χ2n) is 4.49. The summed E-state index contributed by atoms with van der Waals surface area (Å²) in [4.78, 5) is 18.9. The van der Waals surface area contributed by atoms with Crippen molar-refractivity contribution in [2.45, 2.75) is 6.92 Å². The van der Waals surface area contributed by atoms with Gasteiger partial charge in [0.2, 0.25) is 5.28 Å². The van der Waals surface area contributed by atoms with Crippen molar-refractivity contribution in [3.63, 3.8) is 0 Å². The Morgan fingerprint density at radius 3 is 2.86 bits per heavy atom. The van der Waals surface area contributed by atoms with E-state index in [0.29, 0.717) is 11.5 Å². The molecule has 0 aliphatic carbocycles. The molecule has 0 radical (unpaired) electrons. The van der Waals surface area contributed by atoms with E-state index in [1.165, 1.54) is 6.20 Å². The molecule has 0 saturated carbocycles. The second-order valence-corrected chi connectivity index (χ2v) is 4.83. The Bertz CT molecular complexity index is 831. The van der Waals surface area contributed by atoms with Crippen molar-refractivity contribution in [3.05, 3.63) is 46.3 Å². The van der Waals surface area contributed by atoms with Crippen molar-refractivity contribution in [2.24, 2.45) is 12.3 Å². The van der Waals surface area contributed by atoms with Gasteiger partial charge in [0.1, 0.15) is 0 Å². The number of nitrogens with zero attached hydrogens (tertiary/aromatic N) is 6. The van der Waals surface area contributed by atoms with E-state index in [0.717, 1.165) is 21.6 Å². The highest BCUT2D eigenvalue weighted by Crippen LogP contribution is 2.28. The van der Waals surface area contributed by atoms with E-state index < -0.39 is 0 Å². The number of fused-ring (bicyclic) bond motifs is 1. The molecule has 0 aliphatic rings. The van der Waals surface area contributed by atoms with Crippen molar-refractivity contribution < 1.29 is 0 Å². The number of aryl methyl sites for hydroxylation is 2. The number of benzene rings is 1. The van der Waals surface area contributed by atoms with E-state index in [4.69, 9.17) is 11.6 Å². The molecule has 0 amide bonds. The summed E-state index contributed by atoms with van der Waals surface area (Å²) in [6.45, 7) is 1.98. The molecule has 0 unspecified atom stereocenters. The Morgan fingerprint density at radius 2 is 2.14 bits per heavy atom. The monoisotopic (exact) mass is 302 g/mol. The molecule has 0 spiro atoms. The first-order chi connectivity index (χ1) is 10.1. The van der Waals surface area contributed by atoms with E-state index >= 15 is 0 Å². The molecular formula is C13H11ClN6O. The summed E-state index contributed by atoms with van der Waals surface area (Å²) in [6, 6.07) is 7.02. The van der Waals surface area contributed by atoms with Crippen LogP contribution in [0.2, 0.25) is 5.28 Å². The summed E-state index contributed by atoms with van der Waals surface area (Å²) in [5.41, 5.74) is 2.39. The van der Waals surface area contributed by atoms with Crippen LogP contribution in [-0.4, -0.2) is 19.7 Å². The molecule has 7 nitrogen and oxygen atoms in total. The fourth-order valence-electron chi connectivity index (χ4n) is 2.12. The molecule has 0 aliphatic heterocycles. The average Bonchev–Trinajstić information content (AvgIpc) is 2.75. The minimum Gasteiger partial charge on any atom is -0.272 e. The third-order valence-corrected chi connectivity index (χ3v) is 3.45. The molecule has 0 N–H and O–H groups in total. The maximum Gasteiger partial charge on any atom is 0.224 e. The van der Waals surface area contributed by atoms with Gasteiger partial charge in [0.05, 0.1) is 16.5 Å². The number of nitroso groups, excluding NO2 is 1.